The first kappa shape index (κ1) is 13.8. The molecule has 0 aliphatic carbocycles. The normalized spacial score (nSPS) is 12.0. The summed E-state index contributed by atoms with van der Waals surface area (Å²) in [7, 11) is 0. The fraction of sp³-hybridized carbons (Fsp3) is 0.294. The van der Waals surface area contributed by atoms with Crippen LogP contribution in [0.15, 0.2) is 47.0 Å². The van der Waals surface area contributed by atoms with Crippen molar-refractivity contribution in [2.45, 2.75) is 32.9 Å². The molecule has 0 fully saturated rings. The highest BCUT2D eigenvalue weighted by molar-refractivity contribution is 5.81. The molecule has 0 amide bonds. The minimum absolute atomic E-state index is 0.0600. The molecule has 4 heteroatoms. The number of furan rings is 1. The van der Waals surface area contributed by atoms with Crippen LogP contribution < -0.4 is 5.32 Å². The lowest BCUT2D eigenvalue weighted by Gasteiger charge is -2.20. The van der Waals surface area contributed by atoms with Crippen molar-refractivity contribution in [1.29, 1.82) is 0 Å². The van der Waals surface area contributed by atoms with Crippen molar-refractivity contribution in [2.75, 3.05) is 0 Å². The van der Waals surface area contributed by atoms with E-state index in [1.54, 1.807) is 6.20 Å². The average molecular weight is 281 g/mol. The van der Waals surface area contributed by atoms with Gasteiger partial charge >= 0.3 is 0 Å². The Morgan fingerprint density at radius 2 is 1.95 bits per heavy atom. The predicted octanol–water partition coefficient (Wildman–Crippen LogP) is 3.78. The van der Waals surface area contributed by atoms with Crippen LogP contribution in [0.25, 0.3) is 22.6 Å². The summed E-state index contributed by atoms with van der Waals surface area (Å²) >= 11 is 0. The van der Waals surface area contributed by atoms with Crippen LogP contribution in [0.3, 0.4) is 0 Å². The molecule has 3 rings (SSSR count). The summed E-state index contributed by atoms with van der Waals surface area (Å²) in [6, 6.07) is 11.8. The van der Waals surface area contributed by atoms with Crippen molar-refractivity contribution >= 4 is 11.0 Å². The summed E-state index contributed by atoms with van der Waals surface area (Å²) in [5, 5.41) is 4.49. The van der Waals surface area contributed by atoms with Crippen LogP contribution in [0.4, 0.5) is 0 Å². The summed E-state index contributed by atoms with van der Waals surface area (Å²) in [6.07, 6.45) is 1.77. The Labute approximate surface area is 124 Å². The van der Waals surface area contributed by atoms with Crippen molar-refractivity contribution in [3.8, 4) is 11.6 Å². The van der Waals surface area contributed by atoms with Gasteiger partial charge in [-0.25, -0.2) is 9.97 Å². The standard InChI is InChI=1S/C17H19N3O/c1-17(2,3)19-11-13-8-9-18-16(20-13)15-10-12-6-4-5-7-14(12)21-15/h4-10,19H,11H2,1-3H3. The van der Waals surface area contributed by atoms with Crippen LogP contribution in [0.1, 0.15) is 26.5 Å². The third-order valence-corrected chi connectivity index (χ3v) is 3.16. The van der Waals surface area contributed by atoms with E-state index in [-0.39, 0.29) is 5.54 Å². The minimum Gasteiger partial charge on any atom is -0.453 e. The molecule has 3 aromatic rings. The molecule has 2 heterocycles. The molecule has 21 heavy (non-hydrogen) atoms. The zero-order valence-electron chi connectivity index (χ0n) is 12.6. The van der Waals surface area contributed by atoms with Gasteiger partial charge < -0.3 is 9.73 Å². The molecule has 2 aromatic heterocycles. The van der Waals surface area contributed by atoms with Gasteiger partial charge in [-0.05, 0) is 39.0 Å². The van der Waals surface area contributed by atoms with Gasteiger partial charge in [0.1, 0.15) is 5.58 Å². The van der Waals surface area contributed by atoms with Crippen LogP contribution in [-0.2, 0) is 6.54 Å². The van der Waals surface area contributed by atoms with Gasteiger partial charge in [0.25, 0.3) is 0 Å². The summed E-state index contributed by atoms with van der Waals surface area (Å²) in [5.41, 5.74) is 1.87. The van der Waals surface area contributed by atoms with E-state index in [1.165, 1.54) is 0 Å². The van der Waals surface area contributed by atoms with Crippen molar-refractivity contribution in [1.82, 2.24) is 15.3 Å². The maximum absolute atomic E-state index is 5.81. The second kappa shape index (κ2) is 5.30. The van der Waals surface area contributed by atoms with Gasteiger partial charge in [0, 0.05) is 23.7 Å². The Bertz CT molecular complexity index is 723. The van der Waals surface area contributed by atoms with Crippen molar-refractivity contribution in [3.05, 3.63) is 48.3 Å². The Hall–Kier alpha value is -2.20. The smallest absolute Gasteiger partial charge is 0.195 e. The largest absolute Gasteiger partial charge is 0.453 e. The van der Waals surface area contributed by atoms with Crippen LogP contribution >= 0.6 is 0 Å². The predicted molar refractivity (Wildman–Crippen MR) is 83.8 cm³/mol. The molecule has 0 bridgehead atoms. The molecule has 0 unspecified atom stereocenters. The number of nitrogens with one attached hydrogen (secondary N) is 1. The highest BCUT2D eigenvalue weighted by Gasteiger charge is 2.11. The summed E-state index contributed by atoms with van der Waals surface area (Å²) in [6.45, 7) is 7.11. The first-order valence-electron chi connectivity index (χ1n) is 7.07. The highest BCUT2D eigenvalue weighted by Crippen LogP contribution is 2.25. The van der Waals surface area contributed by atoms with Gasteiger partial charge in [-0.2, -0.15) is 0 Å². The SMILES string of the molecule is CC(C)(C)NCc1ccnc(-c2cc3ccccc3o2)n1. The molecule has 0 saturated carbocycles. The van der Waals surface area contributed by atoms with Gasteiger partial charge in [-0.1, -0.05) is 18.2 Å². The Balaban J connectivity index is 1.88. The van der Waals surface area contributed by atoms with E-state index in [9.17, 15) is 0 Å². The number of rotatable bonds is 3. The molecule has 4 nitrogen and oxygen atoms in total. The fourth-order valence-corrected chi connectivity index (χ4v) is 2.06. The van der Waals surface area contributed by atoms with Crippen LogP contribution in [0.5, 0.6) is 0 Å². The second-order valence-corrected chi connectivity index (χ2v) is 6.12. The first-order chi connectivity index (χ1) is 10.0. The minimum atomic E-state index is 0.0600. The lowest BCUT2D eigenvalue weighted by atomic mass is 10.1. The van der Waals surface area contributed by atoms with Gasteiger partial charge in [-0.3, -0.25) is 0 Å². The van der Waals surface area contributed by atoms with Gasteiger partial charge in [0.05, 0.1) is 5.69 Å². The lowest BCUT2D eigenvalue weighted by Crippen LogP contribution is -2.35. The highest BCUT2D eigenvalue weighted by atomic mass is 16.3. The van der Waals surface area contributed by atoms with Crippen LogP contribution in [-0.4, -0.2) is 15.5 Å². The zero-order valence-corrected chi connectivity index (χ0v) is 12.6. The number of fused-ring (bicyclic) bond motifs is 1. The van der Waals surface area contributed by atoms with E-state index >= 15 is 0 Å². The molecule has 108 valence electrons. The Morgan fingerprint density at radius 1 is 1.14 bits per heavy atom. The molecule has 1 N–H and O–H groups in total. The van der Waals surface area contributed by atoms with Gasteiger partial charge in [-0.15, -0.1) is 0 Å². The number of hydrogen-bond donors (Lipinski definition) is 1. The second-order valence-electron chi connectivity index (χ2n) is 6.12. The van der Waals surface area contributed by atoms with Crippen molar-refractivity contribution in [2.24, 2.45) is 0 Å². The lowest BCUT2D eigenvalue weighted by molar-refractivity contribution is 0.421. The molecule has 0 aliphatic rings. The molecular weight excluding hydrogens is 262 g/mol. The summed E-state index contributed by atoms with van der Waals surface area (Å²) in [4.78, 5) is 8.89. The Kier molecular flexibility index (Phi) is 3.47. The third kappa shape index (κ3) is 3.28. The molecule has 0 radical (unpaired) electrons. The van der Waals surface area contributed by atoms with E-state index < -0.39 is 0 Å². The third-order valence-electron chi connectivity index (χ3n) is 3.16. The van der Waals surface area contributed by atoms with E-state index in [2.05, 4.69) is 36.1 Å². The number of hydrogen-bond acceptors (Lipinski definition) is 4. The molecule has 0 atom stereocenters. The first-order valence-corrected chi connectivity index (χ1v) is 7.07. The molecule has 0 aliphatic heterocycles. The number of para-hydroxylation sites is 1. The zero-order chi connectivity index (χ0) is 14.9. The molecular formula is C17H19N3O. The topological polar surface area (TPSA) is 51.0 Å². The summed E-state index contributed by atoms with van der Waals surface area (Å²) < 4.78 is 5.81. The number of nitrogens with zero attached hydrogens (tertiary/aromatic N) is 2. The Morgan fingerprint density at radius 3 is 2.71 bits per heavy atom. The quantitative estimate of drug-likeness (QED) is 0.793. The van der Waals surface area contributed by atoms with E-state index in [1.807, 2.05) is 36.4 Å². The molecule has 0 saturated heterocycles. The van der Waals surface area contributed by atoms with E-state index in [4.69, 9.17) is 4.42 Å². The molecule has 0 spiro atoms. The van der Waals surface area contributed by atoms with Gasteiger partial charge in [0.15, 0.2) is 11.6 Å². The van der Waals surface area contributed by atoms with Crippen molar-refractivity contribution in [3.63, 3.8) is 0 Å². The van der Waals surface area contributed by atoms with E-state index in [0.29, 0.717) is 18.1 Å². The fourth-order valence-electron chi connectivity index (χ4n) is 2.06. The van der Waals surface area contributed by atoms with Crippen LogP contribution in [0.2, 0.25) is 0 Å². The van der Waals surface area contributed by atoms with Gasteiger partial charge in [0.2, 0.25) is 0 Å². The number of benzene rings is 1. The van der Waals surface area contributed by atoms with Crippen molar-refractivity contribution < 1.29 is 4.42 Å². The monoisotopic (exact) mass is 281 g/mol. The average Bonchev–Trinajstić information content (AvgIpc) is 2.89. The van der Waals surface area contributed by atoms with E-state index in [0.717, 1.165) is 16.7 Å². The maximum Gasteiger partial charge on any atom is 0.195 e. The maximum atomic E-state index is 5.81. The summed E-state index contributed by atoms with van der Waals surface area (Å²) in [5.74, 6) is 1.33. The van der Waals surface area contributed by atoms with Crippen LogP contribution in [0, 0.1) is 0 Å². The molecule has 1 aromatic carbocycles. The number of aromatic nitrogens is 2.